The van der Waals surface area contributed by atoms with Gasteiger partial charge in [0.05, 0.1) is 15.7 Å². The van der Waals surface area contributed by atoms with Crippen molar-refractivity contribution in [3.63, 3.8) is 0 Å². The normalized spacial score (nSPS) is 12.8. The van der Waals surface area contributed by atoms with E-state index in [9.17, 15) is 0 Å². The molecule has 0 bridgehead atoms. The third kappa shape index (κ3) is 2.04. The average Bonchev–Trinajstić information content (AvgIpc) is 2.63. The highest BCUT2D eigenvalue weighted by atomic mass is 35.5. The molecule has 0 aliphatic rings. The van der Waals surface area contributed by atoms with Crippen LogP contribution >= 0.6 is 23.2 Å². The Kier molecular flexibility index (Phi) is 3.14. The molecule has 4 nitrogen and oxygen atoms in total. The Labute approximate surface area is 103 Å². The molecule has 0 aliphatic heterocycles. The lowest BCUT2D eigenvalue weighted by atomic mass is 10.2. The van der Waals surface area contributed by atoms with Crippen LogP contribution in [0.15, 0.2) is 24.7 Å². The first-order valence-corrected chi connectivity index (χ1v) is 5.39. The topological polar surface area (TPSA) is 56.7 Å². The lowest BCUT2D eigenvalue weighted by Gasteiger charge is -2.12. The van der Waals surface area contributed by atoms with Crippen molar-refractivity contribution >= 4 is 23.2 Å². The van der Waals surface area contributed by atoms with Gasteiger partial charge < -0.3 is 10.3 Å². The van der Waals surface area contributed by atoms with E-state index in [1.165, 1.54) is 6.20 Å². The van der Waals surface area contributed by atoms with E-state index in [0.29, 0.717) is 21.6 Å². The van der Waals surface area contributed by atoms with E-state index < -0.39 is 6.04 Å². The summed E-state index contributed by atoms with van der Waals surface area (Å²) in [7, 11) is 1.87. The molecule has 16 heavy (non-hydrogen) atoms. The predicted molar refractivity (Wildman–Crippen MR) is 63.5 cm³/mol. The Morgan fingerprint density at radius 2 is 2.12 bits per heavy atom. The van der Waals surface area contributed by atoms with E-state index in [-0.39, 0.29) is 0 Å². The molecule has 0 aliphatic carbocycles. The van der Waals surface area contributed by atoms with Crippen molar-refractivity contribution in [1.82, 2.24) is 14.5 Å². The maximum absolute atomic E-state index is 6.04. The zero-order valence-electron chi connectivity index (χ0n) is 8.56. The molecule has 0 amide bonds. The van der Waals surface area contributed by atoms with Crippen molar-refractivity contribution in [2.75, 3.05) is 0 Å². The van der Waals surface area contributed by atoms with Crippen LogP contribution < -0.4 is 5.73 Å². The van der Waals surface area contributed by atoms with E-state index in [2.05, 4.69) is 9.97 Å². The number of hydrogen-bond donors (Lipinski definition) is 1. The third-order valence-corrected chi connectivity index (χ3v) is 2.78. The van der Waals surface area contributed by atoms with Crippen LogP contribution in [-0.2, 0) is 7.05 Å². The molecule has 2 rings (SSSR count). The number of halogens is 2. The minimum absolute atomic E-state index is 0.447. The van der Waals surface area contributed by atoms with Crippen LogP contribution in [0.5, 0.6) is 0 Å². The first kappa shape index (κ1) is 11.4. The van der Waals surface area contributed by atoms with Gasteiger partial charge in [0, 0.05) is 25.6 Å². The van der Waals surface area contributed by atoms with Gasteiger partial charge in [-0.2, -0.15) is 0 Å². The van der Waals surface area contributed by atoms with Gasteiger partial charge in [-0.1, -0.05) is 23.2 Å². The molecule has 0 radical (unpaired) electrons. The summed E-state index contributed by atoms with van der Waals surface area (Å²) in [6.07, 6.45) is 5.02. The molecule has 2 heterocycles. The smallest absolute Gasteiger partial charge is 0.131 e. The number of aryl methyl sites for hydroxylation is 1. The van der Waals surface area contributed by atoms with Crippen LogP contribution in [0.3, 0.4) is 0 Å². The van der Waals surface area contributed by atoms with Crippen molar-refractivity contribution in [1.29, 1.82) is 0 Å². The highest BCUT2D eigenvalue weighted by Gasteiger charge is 2.17. The van der Waals surface area contributed by atoms with Gasteiger partial charge in [-0.05, 0) is 6.07 Å². The van der Waals surface area contributed by atoms with Crippen LogP contribution in [0.4, 0.5) is 0 Å². The Balaban J connectivity index is 2.41. The summed E-state index contributed by atoms with van der Waals surface area (Å²) in [5.74, 6) is 0.705. The molecule has 2 aromatic heterocycles. The van der Waals surface area contributed by atoms with Crippen LogP contribution in [0, 0.1) is 0 Å². The number of nitrogens with two attached hydrogens (primary N) is 1. The summed E-state index contributed by atoms with van der Waals surface area (Å²) < 4.78 is 1.83. The zero-order chi connectivity index (χ0) is 11.7. The van der Waals surface area contributed by atoms with E-state index in [4.69, 9.17) is 28.9 Å². The molecule has 6 heteroatoms. The SMILES string of the molecule is Cn1ccnc1C(N)c1ncc(Cl)cc1Cl. The van der Waals surface area contributed by atoms with E-state index in [1.807, 2.05) is 17.8 Å². The van der Waals surface area contributed by atoms with Crippen LogP contribution in [0.25, 0.3) is 0 Å². The number of aromatic nitrogens is 3. The number of pyridine rings is 1. The van der Waals surface area contributed by atoms with Crippen molar-refractivity contribution in [3.05, 3.63) is 46.2 Å². The van der Waals surface area contributed by atoms with Gasteiger partial charge in [0.15, 0.2) is 0 Å². The fourth-order valence-corrected chi connectivity index (χ4v) is 1.95. The molecule has 1 atom stereocenters. The van der Waals surface area contributed by atoms with Gasteiger partial charge in [-0.15, -0.1) is 0 Å². The molecule has 0 saturated carbocycles. The number of rotatable bonds is 2. The summed E-state index contributed by atoms with van der Waals surface area (Å²) in [4.78, 5) is 8.29. The van der Waals surface area contributed by atoms with Crippen molar-refractivity contribution < 1.29 is 0 Å². The van der Waals surface area contributed by atoms with Crippen LogP contribution in [0.2, 0.25) is 10.0 Å². The summed E-state index contributed by atoms with van der Waals surface area (Å²) in [5, 5.41) is 0.934. The molecule has 0 aromatic carbocycles. The zero-order valence-corrected chi connectivity index (χ0v) is 10.1. The lowest BCUT2D eigenvalue weighted by Crippen LogP contribution is -2.18. The van der Waals surface area contributed by atoms with Crippen LogP contribution in [0.1, 0.15) is 17.6 Å². The first-order valence-electron chi connectivity index (χ1n) is 4.63. The van der Waals surface area contributed by atoms with Gasteiger partial charge in [0.1, 0.15) is 11.9 Å². The quantitative estimate of drug-likeness (QED) is 0.896. The Hall–Kier alpha value is -1.10. The van der Waals surface area contributed by atoms with E-state index in [0.717, 1.165) is 0 Å². The maximum Gasteiger partial charge on any atom is 0.131 e. The Bertz CT molecular complexity index is 509. The predicted octanol–water partition coefficient (Wildman–Crippen LogP) is 2.17. The first-order chi connectivity index (χ1) is 7.59. The standard InChI is InChI=1S/C10H10Cl2N4/c1-16-3-2-14-10(16)8(13)9-7(12)4-6(11)5-15-9/h2-5,8H,13H2,1H3. The lowest BCUT2D eigenvalue weighted by molar-refractivity contribution is 0.700. The summed E-state index contributed by atoms with van der Waals surface area (Å²) in [5.41, 5.74) is 6.61. The highest BCUT2D eigenvalue weighted by Crippen LogP contribution is 2.25. The molecule has 84 valence electrons. The second kappa shape index (κ2) is 4.41. The molecule has 0 fully saturated rings. The van der Waals surface area contributed by atoms with Gasteiger partial charge in [0.25, 0.3) is 0 Å². The monoisotopic (exact) mass is 256 g/mol. The minimum atomic E-state index is -0.454. The van der Waals surface area contributed by atoms with E-state index >= 15 is 0 Å². The fourth-order valence-electron chi connectivity index (χ4n) is 1.45. The Morgan fingerprint density at radius 1 is 1.38 bits per heavy atom. The molecule has 0 spiro atoms. The largest absolute Gasteiger partial charge is 0.336 e. The van der Waals surface area contributed by atoms with Crippen molar-refractivity contribution in [3.8, 4) is 0 Å². The molecule has 2 N–H and O–H groups in total. The number of imidazole rings is 1. The summed E-state index contributed by atoms with van der Waals surface area (Å²) in [6, 6.07) is 1.17. The third-order valence-electron chi connectivity index (χ3n) is 2.27. The van der Waals surface area contributed by atoms with Crippen LogP contribution in [-0.4, -0.2) is 14.5 Å². The van der Waals surface area contributed by atoms with Crippen molar-refractivity contribution in [2.24, 2.45) is 12.8 Å². The van der Waals surface area contributed by atoms with E-state index in [1.54, 1.807) is 12.3 Å². The molecular weight excluding hydrogens is 247 g/mol. The Morgan fingerprint density at radius 3 is 2.69 bits per heavy atom. The number of hydrogen-bond acceptors (Lipinski definition) is 3. The van der Waals surface area contributed by atoms with Gasteiger partial charge in [-0.25, -0.2) is 4.98 Å². The fraction of sp³-hybridized carbons (Fsp3) is 0.200. The van der Waals surface area contributed by atoms with Gasteiger partial charge in [-0.3, -0.25) is 4.98 Å². The van der Waals surface area contributed by atoms with Gasteiger partial charge in [0.2, 0.25) is 0 Å². The molecule has 1 unspecified atom stereocenters. The summed E-state index contributed by atoms with van der Waals surface area (Å²) in [6.45, 7) is 0. The molecule has 0 saturated heterocycles. The highest BCUT2D eigenvalue weighted by molar-refractivity contribution is 6.34. The maximum atomic E-state index is 6.04. The van der Waals surface area contributed by atoms with Gasteiger partial charge >= 0.3 is 0 Å². The minimum Gasteiger partial charge on any atom is -0.336 e. The second-order valence-corrected chi connectivity index (χ2v) is 4.24. The molecule has 2 aromatic rings. The average molecular weight is 257 g/mol. The number of nitrogens with zero attached hydrogens (tertiary/aromatic N) is 3. The summed E-state index contributed by atoms with van der Waals surface area (Å²) >= 11 is 11.8. The van der Waals surface area contributed by atoms with Crippen molar-refractivity contribution in [2.45, 2.75) is 6.04 Å². The molecular formula is C10H10Cl2N4. The second-order valence-electron chi connectivity index (χ2n) is 3.39.